The number of nitrogens with zero attached hydrogens (tertiary/aromatic N) is 2. The SMILES string of the molecule is Cc1ccccc1NC(=O)Cc1nc(CN2CCC(N)C(C)(C)C2)cs1. The van der Waals surface area contributed by atoms with Crippen molar-refractivity contribution in [3.63, 3.8) is 0 Å². The number of aromatic nitrogens is 1. The van der Waals surface area contributed by atoms with Gasteiger partial charge in [-0.05, 0) is 30.4 Å². The highest BCUT2D eigenvalue weighted by atomic mass is 32.1. The van der Waals surface area contributed by atoms with E-state index in [-0.39, 0.29) is 17.4 Å². The van der Waals surface area contributed by atoms with E-state index in [0.29, 0.717) is 6.42 Å². The van der Waals surface area contributed by atoms with Crippen molar-refractivity contribution in [3.8, 4) is 0 Å². The second-order valence-corrected chi connectivity index (χ2v) is 8.81. The quantitative estimate of drug-likeness (QED) is 0.845. The number of para-hydroxylation sites is 1. The molecule has 26 heavy (non-hydrogen) atoms. The molecule has 1 fully saturated rings. The number of carbonyl (C=O) groups excluding carboxylic acids is 1. The van der Waals surface area contributed by atoms with Crippen molar-refractivity contribution in [3.05, 3.63) is 45.9 Å². The molecular formula is C20H28N4OS. The van der Waals surface area contributed by atoms with Gasteiger partial charge in [0.15, 0.2) is 0 Å². The monoisotopic (exact) mass is 372 g/mol. The molecule has 5 nitrogen and oxygen atoms in total. The van der Waals surface area contributed by atoms with E-state index in [2.05, 4.69) is 34.4 Å². The van der Waals surface area contributed by atoms with Crippen LogP contribution in [-0.4, -0.2) is 34.9 Å². The zero-order valence-electron chi connectivity index (χ0n) is 15.8. The average molecular weight is 373 g/mol. The van der Waals surface area contributed by atoms with Crippen LogP contribution in [0.2, 0.25) is 0 Å². The van der Waals surface area contributed by atoms with Gasteiger partial charge in [-0.3, -0.25) is 9.69 Å². The molecule has 2 heterocycles. The van der Waals surface area contributed by atoms with Crippen molar-refractivity contribution in [1.29, 1.82) is 0 Å². The van der Waals surface area contributed by atoms with Gasteiger partial charge in [0.2, 0.25) is 5.91 Å². The second-order valence-electron chi connectivity index (χ2n) is 7.87. The van der Waals surface area contributed by atoms with Crippen molar-refractivity contribution < 1.29 is 4.79 Å². The third-order valence-corrected chi connectivity index (χ3v) is 6.00. The number of likely N-dealkylation sites (tertiary alicyclic amines) is 1. The lowest BCUT2D eigenvalue weighted by atomic mass is 9.80. The topological polar surface area (TPSA) is 71.2 Å². The first-order valence-electron chi connectivity index (χ1n) is 9.10. The average Bonchev–Trinajstić information content (AvgIpc) is 3.00. The predicted octanol–water partition coefficient (Wildman–Crippen LogP) is 3.19. The Morgan fingerprint density at radius 3 is 2.92 bits per heavy atom. The number of nitrogens with two attached hydrogens (primary N) is 1. The van der Waals surface area contributed by atoms with E-state index >= 15 is 0 Å². The summed E-state index contributed by atoms with van der Waals surface area (Å²) in [5.41, 5.74) is 9.31. The summed E-state index contributed by atoms with van der Waals surface area (Å²) in [6.07, 6.45) is 1.33. The van der Waals surface area contributed by atoms with Gasteiger partial charge in [-0.1, -0.05) is 32.0 Å². The summed E-state index contributed by atoms with van der Waals surface area (Å²) >= 11 is 1.56. The molecule has 0 radical (unpaired) electrons. The van der Waals surface area contributed by atoms with Crippen LogP contribution < -0.4 is 11.1 Å². The first kappa shape index (κ1) is 19.0. The van der Waals surface area contributed by atoms with Crippen molar-refractivity contribution in [2.24, 2.45) is 11.1 Å². The van der Waals surface area contributed by atoms with Crippen LogP contribution in [0.4, 0.5) is 5.69 Å². The summed E-state index contributed by atoms with van der Waals surface area (Å²) in [6.45, 7) is 9.26. The van der Waals surface area contributed by atoms with E-state index in [1.54, 1.807) is 11.3 Å². The molecule has 1 aliphatic heterocycles. The fraction of sp³-hybridized carbons (Fsp3) is 0.500. The molecule has 1 aromatic heterocycles. The summed E-state index contributed by atoms with van der Waals surface area (Å²) < 4.78 is 0. The smallest absolute Gasteiger partial charge is 0.231 e. The van der Waals surface area contributed by atoms with Crippen LogP contribution in [0.1, 0.15) is 36.5 Å². The van der Waals surface area contributed by atoms with Crippen LogP contribution in [-0.2, 0) is 17.8 Å². The van der Waals surface area contributed by atoms with Gasteiger partial charge >= 0.3 is 0 Å². The summed E-state index contributed by atoms with van der Waals surface area (Å²) in [6, 6.07) is 8.06. The number of anilines is 1. The number of aryl methyl sites for hydroxylation is 1. The predicted molar refractivity (Wildman–Crippen MR) is 107 cm³/mol. The van der Waals surface area contributed by atoms with Gasteiger partial charge in [-0.2, -0.15) is 0 Å². The Morgan fingerprint density at radius 1 is 1.42 bits per heavy atom. The van der Waals surface area contributed by atoms with Crippen LogP contribution in [0, 0.1) is 12.3 Å². The maximum absolute atomic E-state index is 12.3. The fourth-order valence-electron chi connectivity index (χ4n) is 3.40. The molecule has 1 atom stereocenters. The van der Waals surface area contributed by atoms with Crippen LogP contribution in [0.25, 0.3) is 0 Å². The summed E-state index contributed by atoms with van der Waals surface area (Å²) in [7, 11) is 0. The zero-order valence-corrected chi connectivity index (χ0v) is 16.6. The van der Waals surface area contributed by atoms with Crippen molar-refractivity contribution in [2.75, 3.05) is 18.4 Å². The number of thiazole rings is 1. The highest BCUT2D eigenvalue weighted by molar-refractivity contribution is 7.09. The minimum Gasteiger partial charge on any atom is -0.327 e. The fourth-order valence-corrected chi connectivity index (χ4v) is 4.18. The summed E-state index contributed by atoms with van der Waals surface area (Å²) in [5, 5.41) is 5.90. The number of benzene rings is 1. The molecule has 1 aliphatic rings. The van der Waals surface area contributed by atoms with Gasteiger partial charge in [0.1, 0.15) is 5.01 Å². The van der Waals surface area contributed by atoms with Crippen LogP contribution in [0.15, 0.2) is 29.6 Å². The highest BCUT2D eigenvalue weighted by Gasteiger charge is 2.33. The van der Waals surface area contributed by atoms with Gasteiger partial charge in [0, 0.05) is 36.7 Å². The number of rotatable bonds is 5. The minimum absolute atomic E-state index is 0.0229. The second kappa shape index (κ2) is 7.86. The number of carbonyl (C=O) groups is 1. The molecule has 2 aromatic rings. The Kier molecular flexibility index (Phi) is 5.75. The Labute approximate surface area is 159 Å². The first-order valence-corrected chi connectivity index (χ1v) is 9.98. The molecule has 140 valence electrons. The molecule has 1 saturated heterocycles. The molecular weight excluding hydrogens is 344 g/mol. The highest BCUT2D eigenvalue weighted by Crippen LogP contribution is 2.28. The van der Waals surface area contributed by atoms with Crippen LogP contribution in [0.3, 0.4) is 0 Å². The Balaban J connectivity index is 1.55. The van der Waals surface area contributed by atoms with Crippen molar-refractivity contribution in [1.82, 2.24) is 9.88 Å². The number of hydrogen-bond acceptors (Lipinski definition) is 5. The molecule has 1 amide bonds. The lowest BCUT2D eigenvalue weighted by molar-refractivity contribution is -0.115. The minimum atomic E-state index is -0.0229. The molecule has 0 saturated carbocycles. The van der Waals surface area contributed by atoms with Gasteiger partial charge in [0.25, 0.3) is 0 Å². The Bertz CT molecular complexity index is 771. The van der Waals surface area contributed by atoms with E-state index in [4.69, 9.17) is 5.73 Å². The molecule has 6 heteroatoms. The van der Waals surface area contributed by atoms with Gasteiger partial charge in [-0.15, -0.1) is 11.3 Å². The molecule has 0 bridgehead atoms. The third kappa shape index (κ3) is 4.69. The van der Waals surface area contributed by atoms with E-state index in [9.17, 15) is 4.79 Å². The molecule has 0 spiro atoms. The summed E-state index contributed by atoms with van der Waals surface area (Å²) in [4.78, 5) is 19.4. The Hall–Kier alpha value is -1.76. The van der Waals surface area contributed by atoms with E-state index in [1.165, 1.54) is 0 Å². The normalized spacial score (nSPS) is 20.1. The molecule has 3 rings (SSSR count). The van der Waals surface area contributed by atoms with Crippen LogP contribution >= 0.6 is 11.3 Å². The number of nitrogens with one attached hydrogen (secondary N) is 1. The third-order valence-electron chi connectivity index (χ3n) is 5.11. The molecule has 1 aromatic carbocycles. The van der Waals surface area contributed by atoms with Crippen molar-refractivity contribution in [2.45, 2.75) is 46.2 Å². The summed E-state index contributed by atoms with van der Waals surface area (Å²) in [5.74, 6) is -0.0229. The number of amides is 1. The van der Waals surface area contributed by atoms with E-state index in [1.807, 2.05) is 31.2 Å². The maximum Gasteiger partial charge on any atom is 0.231 e. The lowest BCUT2D eigenvalue weighted by Gasteiger charge is -2.42. The maximum atomic E-state index is 12.3. The first-order chi connectivity index (χ1) is 12.3. The zero-order chi connectivity index (χ0) is 18.7. The van der Waals surface area contributed by atoms with E-state index < -0.39 is 0 Å². The van der Waals surface area contributed by atoms with Gasteiger partial charge in [0.05, 0.1) is 12.1 Å². The van der Waals surface area contributed by atoms with E-state index in [0.717, 1.165) is 48.0 Å². The number of hydrogen-bond donors (Lipinski definition) is 2. The Morgan fingerprint density at radius 2 is 2.19 bits per heavy atom. The lowest BCUT2D eigenvalue weighted by Crippen LogP contribution is -2.52. The number of piperidine rings is 1. The molecule has 3 N–H and O–H groups in total. The molecule has 1 unspecified atom stereocenters. The standard InChI is InChI=1S/C20H28N4OS/c1-14-6-4-5-7-16(14)23-18(25)10-19-22-15(12-26-19)11-24-9-8-17(21)20(2,3)13-24/h4-7,12,17H,8-11,13,21H2,1-3H3,(H,23,25). The van der Waals surface area contributed by atoms with Gasteiger partial charge < -0.3 is 11.1 Å². The van der Waals surface area contributed by atoms with Crippen molar-refractivity contribution >= 4 is 22.9 Å². The molecule has 0 aliphatic carbocycles. The largest absolute Gasteiger partial charge is 0.327 e. The van der Waals surface area contributed by atoms with Gasteiger partial charge in [-0.25, -0.2) is 4.98 Å². The van der Waals surface area contributed by atoms with Crippen LogP contribution in [0.5, 0.6) is 0 Å².